The average Bonchev–Trinajstić information content (AvgIpc) is 2.27. The summed E-state index contributed by atoms with van der Waals surface area (Å²) < 4.78 is 5.80. The van der Waals surface area contributed by atoms with Crippen LogP contribution in [0.25, 0.3) is 0 Å². The van der Waals surface area contributed by atoms with Gasteiger partial charge in [0.15, 0.2) is 6.10 Å². The van der Waals surface area contributed by atoms with E-state index in [1.807, 2.05) is 45.0 Å². The van der Waals surface area contributed by atoms with Gasteiger partial charge >= 0.3 is 0 Å². The van der Waals surface area contributed by atoms with Crippen LogP contribution in [0.2, 0.25) is 0 Å². The standard InChI is InChI=1S/C16H25NO2/c1-11(2)13-9-7-8-10-14(13)19-12(3)15(18)17-16(4,5)6/h7-12H,1-6H3,(H,17,18)/t12-/m1/s1. The molecule has 1 atom stereocenters. The quantitative estimate of drug-likeness (QED) is 0.903. The van der Waals surface area contributed by atoms with Crippen molar-refractivity contribution in [2.45, 2.75) is 59.1 Å². The van der Waals surface area contributed by atoms with Crippen molar-refractivity contribution in [1.29, 1.82) is 0 Å². The highest BCUT2D eigenvalue weighted by Gasteiger charge is 2.21. The Morgan fingerprint density at radius 1 is 1.16 bits per heavy atom. The van der Waals surface area contributed by atoms with Gasteiger partial charge in [-0.2, -0.15) is 0 Å². The minimum absolute atomic E-state index is 0.0916. The fourth-order valence-electron chi connectivity index (χ4n) is 1.78. The highest BCUT2D eigenvalue weighted by molar-refractivity contribution is 5.81. The van der Waals surface area contributed by atoms with Crippen molar-refractivity contribution < 1.29 is 9.53 Å². The molecular weight excluding hydrogens is 238 g/mol. The van der Waals surface area contributed by atoms with Crippen LogP contribution in [0.4, 0.5) is 0 Å². The van der Waals surface area contributed by atoms with Crippen molar-refractivity contribution in [1.82, 2.24) is 5.32 Å². The molecule has 0 aliphatic carbocycles. The topological polar surface area (TPSA) is 38.3 Å². The maximum atomic E-state index is 12.0. The van der Waals surface area contributed by atoms with Crippen LogP contribution in [-0.2, 0) is 4.79 Å². The predicted octanol–water partition coefficient (Wildman–Crippen LogP) is 3.49. The number of hydrogen-bond donors (Lipinski definition) is 1. The number of para-hydroxylation sites is 1. The van der Waals surface area contributed by atoms with Gasteiger partial charge in [-0.15, -0.1) is 0 Å². The largest absolute Gasteiger partial charge is 0.481 e. The molecule has 1 amide bonds. The zero-order chi connectivity index (χ0) is 14.6. The second kappa shape index (κ2) is 6.09. The van der Waals surface area contributed by atoms with E-state index in [0.717, 1.165) is 11.3 Å². The number of carbonyl (C=O) groups excluding carboxylic acids is 1. The summed E-state index contributed by atoms with van der Waals surface area (Å²) in [4.78, 5) is 12.0. The monoisotopic (exact) mass is 263 g/mol. The molecule has 106 valence electrons. The van der Waals surface area contributed by atoms with E-state index in [0.29, 0.717) is 5.92 Å². The molecule has 0 bridgehead atoms. The predicted molar refractivity (Wildman–Crippen MR) is 78.5 cm³/mol. The number of hydrogen-bond acceptors (Lipinski definition) is 2. The van der Waals surface area contributed by atoms with Crippen LogP contribution in [0.15, 0.2) is 24.3 Å². The summed E-state index contributed by atoms with van der Waals surface area (Å²) in [5, 5.41) is 2.92. The highest BCUT2D eigenvalue weighted by atomic mass is 16.5. The minimum Gasteiger partial charge on any atom is -0.481 e. The Balaban J connectivity index is 2.77. The zero-order valence-electron chi connectivity index (χ0n) is 12.8. The summed E-state index contributed by atoms with van der Waals surface area (Å²) in [6.45, 7) is 11.9. The van der Waals surface area contributed by atoms with E-state index in [1.165, 1.54) is 0 Å². The molecule has 1 aromatic carbocycles. The Kier molecular flexibility index (Phi) is 4.98. The average molecular weight is 263 g/mol. The number of ether oxygens (including phenoxy) is 1. The second-order valence-corrected chi connectivity index (χ2v) is 6.19. The third-order valence-corrected chi connectivity index (χ3v) is 2.71. The first-order chi connectivity index (χ1) is 8.70. The molecule has 0 radical (unpaired) electrons. The summed E-state index contributed by atoms with van der Waals surface area (Å²) in [5.41, 5.74) is 0.879. The molecule has 1 N–H and O–H groups in total. The number of amides is 1. The molecule has 3 nitrogen and oxygen atoms in total. The van der Waals surface area contributed by atoms with Crippen molar-refractivity contribution in [3.63, 3.8) is 0 Å². The third-order valence-electron chi connectivity index (χ3n) is 2.71. The molecule has 0 unspecified atom stereocenters. The third kappa shape index (κ3) is 4.93. The molecular formula is C16H25NO2. The van der Waals surface area contributed by atoms with Crippen molar-refractivity contribution in [2.75, 3.05) is 0 Å². The second-order valence-electron chi connectivity index (χ2n) is 6.19. The van der Waals surface area contributed by atoms with E-state index in [-0.39, 0.29) is 11.4 Å². The van der Waals surface area contributed by atoms with Crippen molar-refractivity contribution in [3.05, 3.63) is 29.8 Å². The molecule has 0 aliphatic rings. The van der Waals surface area contributed by atoms with Gasteiger partial charge in [-0.3, -0.25) is 4.79 Å². The molecule has 1 rings (SSSR count). The van der Waals surface area contributed by atoms with E-state index in [1.54, 1.807) is 6.92 Å². The molecule has 0 aromatic heterocycles. The summed E-state index contributed by atoms with van der Waals surface area (Å²) in [6.07, 6.45) is -0.501. The molecule has 0 heterocycles. The molecule has 0 saturated heterocycles. The number of rotatable bonds is 4. The molecule has 0 aliphatic heterocycles. The molecule has 0 spiro atoms. The van der Waals surface area contributed by atoms with E-state index in [4.69, 9.17) is 4.74 Å². The lowest BCUT2D eigenvalue weighted by molar-refractivity contribution is -0.128. The normalized spacial score (nSPS) is 13.2. The first-order valence-corrected chi connectivity index (χ1v) is 6.78. The van der Waals surface area contributed by atoms with Crippen LogP contribution >= 0.6 is 0 Å². The van der Waals surface area contributed by atoms with Gasteiger partial charge in [0.2, 0.25) is 0 Å². The number of benzene rings is 1. The number of nitrogens with one attached hydrogen (secondary N) is 1. The maximum Gasteiger partial charge on any atom is 0.261 e. The Hall–Kier alpha value is -1.51. The number of carbonyl (C=O) groups is 1. The van der Waals surface area contributed by atoms with Gasteiger partial charge in [-0.25, -0.2) is 0 Å². The fourth-order valence-corrected chi connectivity index (χ4v) is 1.78. The van der Waals surface area contributed by atoms with Crippen molar-refractivity contribution in [3.8, 4) is 5.75 Å². The maximum absolute atomic E-state index is 12.0. The van der Waals surface area contributed by atoms with Crippen LogP contribution in [0, 0.1) is 0 Å². The van der Waals surface area contributed by atoms with Crippen LogP contribution in [-0.4, -0.2) is 17.6 Å². The molecule has 0 saturated carbocycles. The van der Waals surface area contributed by atoms with Gasteiger partial charge in [0.25, 0.3) is 5.91 Å². The summed E-state index contributed by atoms with van der Waals surface area (Å²) >= 11 is 0. The van der Waals surface area contributed by atoms with Crippen LogP contribution in [0.5, 0.6) is 5.75 Å². The lowest BCUT2D eigenvalue weighted by Gasteiger charge is -2.24. The van der Waals surface area contributed by atoms with Crippen LogP contribution < -0.4 is 10.1 Å². The molecule has 0 fully saturated rings. The molecule has 1 aromatic rings. The van der Waals surface area contributed by atoms with Crippen LogP contribution in [0.1, 0.15) is 53.0 Å². The van der Waals surface area contributed by atoms with E-state index in [9.17, 15) is 4.79 Å². The first kappa shape index (κ1) is 15.5. The summed E-state index contributed by atoms with van der Waals surface area (Å²) in [7, 11) is 0. The Morgan fingerprint density at radius 2 is 1.74 bits per heavy atom. The van der Waals surface area contributed by atoms with E-state index in [2.05, 4.69) is 19.2 Å². The smallest absolute Gasteiger partial charge is 0.261 e. The van der Waals surface area contributed by atoms with Crippen molar-refractivity contribution in [2.24, 2.45) is 0 Å². The van der Waals surface area contributed by atoms with Gasteiger partial charge in [0.1, 0.15) is 5.75 Å². The van der Waals surface area contributed by atoms with Crippen LogP contribution in [0.3, 0.4) is 0 Å². The Morgan fingerprint density at radius 3 is 2.26 bits per heavy atom. The minimum atomic E-state index is -0.501. The van der Waals surface area contributed by atoms with Gasteiger partial charge < -0.3 is 10.1 Å². The Labute approximate surface area is 116 Å². The van der Waals surface area contributed by atoms with Crippen molar-refractivity contribution >= 4 is 5.91 Å². The SMILES string of the molecule is CC(C)c1ccccc1O[C@H](C)C(=O)NC(C)(C)C. The molecule has 3 heteroatoms. The lowest BCUT2D eigenvalue weighted by atomic mass is 10.0. The van der Waals surface area contributed by atoms with E-state index < -0.39 is 6.10 Å². The zero-order valence-corrected chi connectivity index (χ0v) is 12.8. The van der Waals surface area contributed by atoms with Gasteiger partial charge in [0.05, 0.1) is 0 Å². The Bertz CT molecular complexity index is 433. The summed E-state index contributed by atoms with van der Waals surface area (Å²) in [6, 6.07) is 7.86. The molecule has 19 heavy (non-hydrogen) atoms. The summed E-state index contributed by atoms with van der Waals surface area (Å²) in [5.74, 6) is 1.06. The van der Waals surface area contributed by atoms with Gasteiger partial charge in [0, 0.05) is 5.54 Å². The lowest BCUT2D eigenvalue weighted by Crippen LogP contribution is -2.46. The van der Waals surface area contributed by atoms with Gasteiger partial charge in [-0.1, -0.05) is 32.0 Å². The highest BCUT2D eigenvalue weighted by Crippen LogP contribution is 2.26. The van der Waals surface area contributed by atoms with Gasteiger partial charge in [-0.05, 0) is 45.2 Å². The first-order valence-electron chi connectivity index (χ1n) is 6.78. The fraction of sp³-hybridized carbons (Fsp3) is 0.562. The van der Waals surface area contributed by atoms with E-state index >= 15 is 0 Å².